The van der Waals surface area contributed by atoms with Gasteiger partial charge in [0, 0.05) is 5.69 Å². The summed E-state index contributed by atoms with van der Waals surface area (Å²) in [5, 5.41) is 0.397. The number of H-pyrrole nitrogens is 1. The summed E-state index contributed by atoms with van der Waals surface area (Å²) in [5.41, 5.74) is 1.40. The first kappa shape index (κ1) is 12.2. The predicted molar refractivity (Wildman–Crippen MR) is 65.6 cm³/mol. The molecule has 0 radical (unpaired) electrons. The highest BCUT2D eigenvalue weighted by Crippen LogP contribution is 2.11. The lowest BCUT2D eigenvalue weighted by atomic mass is 10.2. The monoisotopic (exact) mass is 247 g/mol. The van der Waals surface area contributed by atoms with Crippen molar-refractivity contribution < 1.29 is 9.53 Å². The second-order valence-electron chi connectivity index (χ2n) is 3.91. The van der Waals surface area contributed by atoms with Gasteiger partial charge < -0.3 is 9.72 Å². The number of nitrogens with zero attached hydrogens (tertiary/aromatic N) is 2. The number of carbonyl (C=O) groups excluding carboxylic acids is 1. The Bertz CT molecular complexity index is 676. The van der Waals surface area contributed by atoms with Crippen molar-refractivity contribution >= 4 is 17.0 Å². The molecule has 6 nitrogen and oxygen atoms in total. The summed E-state index contributed by atoms with van der Waals surface area (Å²) in [5.74, 6) is -0.774. The molecule has 0 spiro atoms. The fraction of sp³-hybridized carbons (Fsp3) is 0.333. The van der Waals surface area contributed by atoms with E-state index in [0.29, 0.717) is 5.39 Å². The van der Waals surface area contributed by atoms with Crippen LogP contribution < -0.4 is 5.56 Å². The molecule has 0 aliphatic carbocycles. The average molecular weight is 247 g/mol. The molecule has 0 amide bonds. The lowest BCUT2D eigenvalue weighted by molar-refractivity contribution is 0.0512. The van der Waals surface area contributed by atoms with Gasteiger partial charge in [-0.1, -0.05) is 0 Å². The van der Waals surface area contributed by atoms with Crippen LogP contribution in [0.3, 0.4) is 0 Å². The third kappa shape index (κ3) is 2.09. The van der Waals surface area contributed by atoms with Crippen LogP contribution >= 0.6 is 0 Å². The van der Waals surface area contributed by atoms with Crippen LogP contribution in [0.2, 0.25) is 0 Å². The zero-order valence-corrected chi connectivity index (χ0v) is 10.4. The molecule has 6 heteroatoms. The highest BCUT2D eigenvalue weighted by atomic mass is 16.5. The van der Waals surface area contributed by atoms with Crippen molar-refractivity contribution in [2.24, 2.45) is 0 Å². The molecule has 2 aromatic rings. The van der Waals surface area contributed by atoms with Crippen LogP contribution in [0.25, 0.3) is 11.0 Å². The van der Waals surface area contributed by atoms with E-state index < -0.39 is 5.97 Å². The first-order valence-corrected chi connectivity index (χ1v) is 5.58. The van der Waals surface area contributed by atoms with Crippen molar-refractivity contribution in [3.8, 4) is 0 Å². The molecule has 0 atom stereocenters. The first-order valence-electron chi connectivity index (χ1n) is 5.58. The maximum Gasteiger partial charge on any atom is 0.374 e. The molecule has 0 saturated carbocycles. The predicted octanol–water partition coefficient (Wildman–Crippen LogP) is 1.11. The topological polar surface area (TPSA) is 84.9 Å². The van der Waals surface area contributed by atoms with E-state index in [1.807, 2.05) is 0 Å². The van der Waals surface area contributed by atoms with Gasteiger partial charge in [0.1, 0.15) is 0 Å². The number of hydrogen-bond donors (Lipinski definition) is 1. The van der Waals surface area contributed by atoms with Gasteiger partial charge in [-0.2, -0.15) is 0 Å². The van der Waals surface area contributed by atoms with E-state index >= 15 is 0 Å². The summed E-state index contributed by atoms with van der Waals surface area (Å²) in [6.45, 7) is 5.52. The van der Waals surface area contributed by atoms with Crippen LogP contribution in [0.1, 0.15) is 28.8 Å². The Kier molecular flexibility index (Phi) is 3.10. The number of aromatic nitrogens is 3. The van der Waals surface area contributed by atoms with E-state index in [1.54, 1.807) is 26.8 Å². The number of nitrogens with one attached hydrogen (secondary N) is 1. The van der Waals surface area contributed by atoms with Gasteiger partial charge in [0.15, 0.2) is 5.65 Å². The van der Waals surface area contributed by atoms with E-state index in [4.69, 9.17) is 4.74 Å². The number of fused-ring (bicyclic) bond motifs is 1. The molecule has 1 N–H and O–H groups in total. The Labute approximate surface area is 103 Å². The van der Waals surface area contributed by atoms with Gasteiger partial charge in [-0.3, -0.25) is 4.79 Å². The molecule has 0 aliphatic heterocycles. The highest BCUT2D eigenvalue weighted by Gasteiger charge is 2.14. The van der Waals surface area contributed by atoms with Gasteiger partial charge in [0.25, 0.3) is 5.56 Å². The molecular weight excluding hydrogens is 234 g/mol. The molecule has 0 bridgehead atoms. The summed E-state index contributed by atoms with van der Waals surface area (Å²) >= 11 is 0. The summed E-state index contributed by atoms with van der Waals surface area (Å²) in [7, 11) is 0. The minimum atomic E-state index is -0.655. The Hall–Kier alpha value is -2.24. The maximum atomic E-state index is 11.9. The van der Waals surface area contributed by atoms with Gasteiger partial charge in [0.05, 0.1) is 12.0 Å². The number of esters is 1. The molecule has 2 heterocycles. The fourth-order valence-electron chi connectivity index (χ4n) is 1.78. The van der Waals surface area contributed by atoms with Crippen LogP contribution in [0.4, 0.5) is 0 Å². The van der Waals surface area contributed by atoms with Gasteiger partial charge in [0.2, 0.25) is 5.82 Å². The van der Waals surface area contributed by atoms with E-state index in [-0.39, 0.29) is 23.6 Å². The van der Waals surface area contributed by atoms with Gasteiger partial charge in [-0.05, 0) is 32.4 Å². The van der Waals surface area contributed by atoms with E-state index in [2.05, 4.69) is 15.0 Å². The molecule has 0 aliphatic rings. The lowest BCUT2D eigenvalue weighted by Gasteiger charge is -2.04. The molecule has 0 fully saturated rings. The molecular formula is C12H13N3O3. The van der Waals surface area contributed by atoms with Crippen molar-refractivity contribution in [3.63, 3.8) is 0 Å². The number of pyridine rings is 1. The van der Waals surface area contributed by atoms with Crippen LogP contribution in [-0.2, 0) is 4.74 Å². The van der Waals surface area contributed by atoms with Crippen molar-refractivity contribution in [3.05, 3.63) is 33.5 Å². The van der Waals surface area contributed by atoms with E-state index in [9.17, 15) is 9.59 Å². The van der Waals surface area contributed by atoms with E-state index in [0.717, 1.165) is 11.3 Å². The summed E-state index contributed by atoms with van der Waals surface area (Å²) in [6, 6.07) is 1.79. The largest absolute Gasteiger partial charge is 0.460 e. The minimum Gasteiger partial charge on any atom is -0.460 e. The zero-order valence-electron chi connectivity index (χ0n) is 10.4. The maximum absolute atomic E-state index is 11.9. The molecule has 94 valence electrons. The van der Waals surface area contributed by atoms with Gasteiger partial charge in [-0.15, -0.1) is 0 Å². The molecule has 2 rings (SSSR count). The number of rotatable bonds is 2. The Morgan fingerprint density at radius 1 is 1.39 bits per heavy atom. The summed E-state index contributed by atoms with van der Waals surface area (Å²) < 4.78 is 4.79. The normalized spacial score (nSPS) is 10.6. The summed E-state index contributed by atoms with van der Waals surface area (Å²) in [6.07, 6.45) is 0. The zero-order chi connectivity index (χ0) is 13.3. The van der Waals surface area contributed by atoms with Crippen molar-refractivity contribution in [1.29, 1.82) is 0 Å². The summed E-state index contributed by atoms with van der Waals surface area (Å²) in [4.78, 5) is 34.0. The first-order chi connectivity index (χ1) is 8.52. The van der Waals surface area contributed by atoms with Crippen molar-refractivity contribution in [2.45, 2.75) is 20.8 Å². The number of hydrogen-bond acceptors (Lipinski definition) is 5. The molecule has 0 unspecified atom stereocenters. The van der Waals surface area contributed by atoms with Gasteiger partial charge in [-0.25, -0.2) is 14.8 Å². The second kappa shape index (κ2) is 4.56. The van der Waals surface area contributed by atoms with E-state index in [1.165, 1.54) is 0 Å². The smallest absolute Gasteiger partial charge is 0.374 e. The number of carbonyl (C=O) groups is 1. The lowest BCUT2D eigenvalue weighted by Crippen LogP contribution is -2.19. The molecule has 18 heavy (non-hydrogen) atoms. The van der Waals surface area contributed by atoms with Crippen LogP contribution in [-0.4, -0.2) is 27.5 Å². The minimum absolute atomic E-state index is 0.119. The number of aryl methyl sites for hydroxylation is 2. The van der Waals surface area contributed by atoms with Crippen LogP contribution in [0.5, 0.6) is 0 Å². The number of aromatic amines is 1. The number of ether oxygens (including phenoxy) is 1. The standard InChI is InChI=1S/C12H13N3O3/c1-4-18-12(17)10-14-9-8(11(16)15-10)6(2)5-7(3)13-9/h5H,4H2,1-3H3,(H,13,14,15,16). The molecule has 0 saturated heterocycles. The average Bonchev–Trinajstić information content (AvgIpc) is 2.27. The third-order valence-corrected chi connectivity index (χ3v) is 2.47. The van der Waals surface area contributed by atoms with Crippen LogP contribution in [0.15, 0.2) is 10.9 Å². The van der Waals surface area contributed by atoms with Crippen LogP contribution in [0, 0.1) is 13.8 Å². The Morgan fingerprint density at radius 2 is 2.11 bits per heavy atom. The Balaban J connectivity index is 2.69. The SMILES string of the molecule is CCOC(=O)c1nc2nc(C)cc(C)c2c(=O)[nH]1. The second-order valence-corrected chi connectivity index (χ2v) is 3.91. The molecule has 2 aromatic heterocycles. The third-order valence-electron chi connectivity index (χ3n) is 2.47. The fourth-order valence-corrected chi connectivity index (χ4v) is 1.78. The quantitative estimate of drug-likeness (QED) is 0.803. The highest BCUT2D eigenvalue weighted by molar-refractivity contribution is 5.88. The van der Waals surface area contributed by atoms with Gasteiger partial charge >= 0.3 is 5.97 Å². The Morgan fingerprint density at radius 3 is 2.78 bits per heavy atom. The molecule has 0 aromatic carbocycles. The van der Waals surface area contributed by atoms with Crippen molar-refractivity contribution in [2.75, 3.05) is 6.61 Å². The van der Waals surface area contributed by atoms with Crippen molar-refractivity contribution in [1.82, 2.24) is 15.0 Å².